The molecule has 2 amide bonds. The van der Waals surface area contributed by atoms with Gasteiger partial charge >= 0.3 is 0 Å². The number of piperazine rings is 1. The second kappa shape index (κ2) is 8.39. The van der Waals surface area contributed by atoms with Crippen LogP contribution >= 0.6 is 11.8 Å². The predicted molar refractivity (Wildman–Crippen MR) is 112 cm³/mol. The molecule has 0 radical (unpaired) electrons. The van der Waals surface area contributed by atoms with Crippen LogP contribution in [0, 0.1) is 12.8 Å². The lowest BCUT2D eigenvalue weighted by Gasteiger charge is -2.35. The zero-order chi connectivity index (χ0) is 19.5. The fourth-order valence-electron chi connectivity index (χ4n) is 3.90. The highest BCUT2D eigenvalue weighted by molar-refractivity contribution is 8.00. The van der Waals surface area contributed by atoms with Gasteiger partial charge in [-0.15, -0.1) is 11.8 Å². The Morgan fingerprint density at radius 3 is 2.29 bits per heavy atom. The maximum atomic E-state index is 12.8. The molecule has 0 N–H and O–H groups in total. The van der Waals surface area contributed by atoms with Crippen molar-refractivity contribution in [3.8, 4) is 0 Å². The zero-order valence-corrected chi connectivity index (χ0v) is 17.0. The number of rotatable bonds is 5. The van der Waals surface area contributed by atoms with Crippen LogP contribution in [-0.2, 0) is 9.59 Å². The van der Waals surface area contributed by atoms with Gasteiger partial charge in [0.05, 0.1) is 5.75 Å². The Morgan fingerprint density at radius 1 is 0.929 bits per heavy atom. The van der Waals surface area contributed by atoms with Crippen LogP contribution in [0.15, 0.2) is 59.5 Å². The number of hydrogen-bond donors (Lipinski definition) is 0. The molecule has 4 rings (SSSR count). The first-order chi connectivity index (χ1) is 13.6. The van der Waals surface area contributed by atoms with Crippen molar-refractivity contribution in [3.63, 3.8) is 0 Å². The summed E-state index contributed by atoms with van der Waals surface area (Å²) < 4.78 is 0. The lowest BCUT2D eigenvalue weighted by atomic mass is 10.1. The smallest absolute Gasteiger partial charge is 0.233 e. The average molecular weight is 395 g/mol. The van der Waals surface area contributed by atoms with E-state index in [4.69, 9.17) is 0 Å². The van der Waals surface area contributed by atoms with Crippen LogP contribution in [0.25, 0.3) is 0 Å². The summed E-state index contributed by atoms with van der Waals surface area (Å²) in [4.78, 5) is 30.3. The van der Waals surface area contributed by atoms with E-state index in [9.17, 15) is 9.59 Å². The maximum absolute atomic E-state index is 12.8. The molecule has 2 aromatic carbocycles. The molecule has 0 aromatic heterocycles. The molecule has 1 saturated heterocycles. The van der Waals surface area contributed by atoms with Crippen molar-refractivity contribution >= 4 is 23.6 Å². The Labute approximate surface area is 170 Å². The topological polar surface area (TPSA) is 40.6 Å². The first-order valence-electron chi connectivity index (χ1n) is 9.93. The quantitative estimate of drug-likeness (QED) is 0.728. The fourth-order valence-corrected chi connectivity index (χ4v) is 4.83. The number of nitrogens with zero attached hydrogens (tertiary/aromatic N) is 2. The van der Waals surface area contributed by atoms with E-state index in [2.05, 4.69) is 31.2 Å². The molecule has 2 aliphatic rings. The van der Waals surface area contributed by atoms with Gasteiger partial charge in [0.2, 0.25) is 11.8 Å². The summed E-state index contributed by atoms with van der Waals surface area (Å²) in [6.07, 6.45) is 0.953. The number of aryl methyl sites for hydroxylation is 1. The molecule has 1 aliphatic carbocycles. The molecule has 5 heteroatoms. The second-order valence-corrected chi connectivity index (χ2v) is 8.64. The molecule has 0 unspecified atom stereocenters. The van der Waals surface area contributed by atoms with Crippen molar-refractivity contribution in [2.24, 2.45) is 5.92 Å². The highest BCUT2D eigenvalue weighted by atomic mass is 32.2. The number of thioether (sulfide) groups is 1. The van der Waals surface area contributed by atoms with Crippen molar-refractivity contribution in [2.45, 2.75) is 24.2 Å². The van der Waals surface area contributed by atoms with Crippen LogP contribution < -0.4 is 0 Å². The van der Waals surface area contributed by atoms with E-state index >= 15 is 0 Å². The number of amides is 2. The number of carbonyl (C=O) groups is 2. The third-order valence-electron chi connectivity index (χ3n) is 5.72. The van der Waals surface area contributed by atoms with Gasteiger partial charge in [0.1, 0.15) is 0 Å². The minimum Gasteiger partial charge on any atom is -0.339 e. The Kier molecular flexibility index (Phi) is 5.72. The van der Waals surface area contributed by atoms with Gasteiger partial charge in [-0.3, -0.25) is 9.59 Å². The fraction of sp³-hybridized carbons (Fsp3) is 0.391. The summed E-state index contributed by atoms with van der Waals surface area (Å²) in [5.41, 5.74) is 2.47. The standard InChI is InChI=1S/C23H26N2O2S/c1-17-7-5-6-10-21(17)28-16-22(26)24-11-13-25(14-12-24)23(27)20-15-19(20)18-8-3-2-4-9-18/h2-10,19-20H,11-16H2,1H3/t19-,20+/m0/s1. The molecule has 2 aromatic rings. The van der Waals surface area contributed by atoms with Gasteiger partial charge in [-0.05, 0) is 36.5 Å². The van der Waals surface area contributed by atoms with Gasteiger partial charge in [0, 0.05) is 37.0 Å². The number of benzene rings is 2. The van der Waals surface area contributed by atoms with Crippen LogP contribution in [0.1, 0.15) is 23.5 Å². The molecule has 1 heterocycles. The molecule has 4 nitrogen and oxygen atoms in total. The zero-order valence-electron chi connectivity index (χ0n) is 16.2. The Bertz CT molecular complexity index is 847. The van der Waals surface area contributed by atoms with Crippen molar-refractivity contribution < 1.29 is 9.59 Å². The van der Waals surface area contributed by atoms with Crippen LogP contribution in [0.2, 0.25) is 0 Å². The molecule has 1 aliphatic heterocycles. The minimum absolute atomic E-state index is 0.126. The van der Waals surface area contributed by atoms with Gasteiger partial charge in [-0.1, -0.05) is 48.5 Å². The van der Waals surface area contributed by atoms with E-state index in [0.29, 0.717) is 37.8 Å². The van der Waals surface area contributed by atoms with E-state index < -0.39 is 0 Å². The van der Waals surface area contributed by atoms with Crippen molar-refractivity contribution in [1.82, 2.24) is 9.80 Å². The van der Waals surface area contributed by atoms with E-state index in [1.54, 1.807) is 11.8 Å². The molecule has 146 valence electrons. The molecule has 1 saturated carbocycles. The van der Waals surface area contributed by atoms with Gasteiger partial charge in [0.15, 0.2) is 0 Å². The van der Waals surface area contributed by atoms with E-state index in [0.717, 1.165) is 11.3 Å². The summed E-state index contributed by atoms with van der Waals surface area (Å²) in [6, 6.07) is 18.5. The van der Waals surface area contributed by atoms with E-state index in [1.165, 1.54) is 11.1 Å². The predicted octanol–water partition coefficient (Wildman–Crippen LogP) is 3.56. The van der Waals surface area contributed by atoms with Crippen molar-refractivity contribution in [3.05, 3.63) is 65.7 Å². The van der Waals surface area contributed by atoms with Gasteiger partial charge in [-0.25, -0.2) is 0 Å². The molecule has 0 bridgehead atoms. The molecule has 0 spiro atoms. The lowest BCUT2D eigenvalue weighted by Crippen LogP contribution is -2.51. The molecular formula is C23H26N2O2S. The third kappa shape index (κ3) is 4.25. The summed E-state index contributed by atoms with van der Waals surface area (Å²) in [5, 5.41) is 0. The highest BCUT2D eigenvalue weighted by Crippen LogP contribution is 2.48. The summed E-state index contributed by atoms with van der Waals surface area (Å²) in [7, 11) is 0. The van der Waals surface area contributed by atoms with Crippen LogP contribution in [0.5, 0.6) is 0 Å². The van der Waals surface area contributed by atoms with Crippen LogP contribution in [0.4, 0.5) is 0 Å². The van der Waals surface area contributed by atoms with Gasteiger partial charge in [-0.2, -0.15) is 0 Å². The summed E-state index contributed by atoms with van der Waals surface area (Å²) in [5.74, 6) is 1.38. The minimum atomic E-state index is 0.126. The van der Waals surface area contributed by atoms with E-state index in [-0.39, 0.29) is 17.7 Å². The van der Waals surface area contributed by atoms with Crippen LogP contribution in [-0.4, -0.2) is 53.5 Å². The molecular weight excluding hydrogens is 368 g/mol. The normalized spacial score (nSPS) is 21.5. The average Bonchev–Trinajstić information content (AvgIpc) is 3.54. The molecule has 28 heavy (non-hydrogen) atoms. The summed E-state index contributed by atoms with van der Waals surface area (Å²) >= 11 is 1.60. The Morgan fingerprint density at radius 2 is 1.57 bits per heavy atom. The highest BCUT2D eigenvalue weighted by Gasteiger charge is 2.46. The lowest BCUT2D eigenvalue weighted by molar-refractivity contribution is -0.139. The second-order valence-electron chi connectivity index (χ2n) is 7.62. The van der Waals surface area contributed by atoms with Gasteiger partial charge < -0.3 is 9.80 Å². The van der Waals surface area contributed by atoms with Crippen molar-refractivity contribution in [1.29, 1.82) is 0 Å². The summed E-state index contributed by atoms with van der Waals surface area (Å²) in [6.45, 7) is 4.65. The number of hydrogen-bond acceptors (Lipinski definition) is 3. The first kappa shape index (κ1) is 19.1. The Hall–Kier alpha value is -2.27. The van der Waals surface area contributed by atoms with Crippen molar-refractivity contribution in [2.75, 3.05) is 31.9 Å². The first-order valence-corrected chi connectivity index (χ1v) is 10.9. The van der Waals surface area contributed by atoms with Crippen LogP contribution in [0.3, 0.4) is 0 Å². The third-order valence-corrected chi connectivity index (χ3v) is 6.88. The molecule has 2 fully saturated rings. The molecule has 2 atom stereocenters. The van der Waals surface area contributed by atoms with Gasteiger partial charge in [0.25, 0.3) is 0 Å². The Balaban J connectivity index is 1.24. The largest absolute Gasteiger partial charge is 0.339 e. The SMILES string of the molecule is Cc1ccccc1SCC(=O)N1CCN(C(=O)[C@@H]2C[C@H]2c2ccccc2)CC1. The van der Waals surface area contributed by atoms with E-state index in [1.807, 2.05) is 40.1 Å². The number of carbonyl (C=O) groups excluding carboxylic acids is 2. The maximum Gasteiger partial charge on any atom is 0.233 e. The monoisotopic (exact) mass is 394 g/mol.